The average Bonchev–Trinajstić information content (AvgIpc) is 3.12. The molecule has 2 aromatic rings. The van der Waals surface area contributed by atoms with Crippen LogP contribution in [0.25, 0.3) is 0 Å². The smallest absolute Gasteiger partial charge is 0.408 e. The lowest BCUT2D eigenvalue weighted by Crippen LogP contribution is -2.53. The minimum atomic E-state index is -1.01. The second-order valence-electron chi connectivity index (χ2n) is 14.8. The number of nitrogens with one attached hydrogen (secondary N) is 4. The van der Waals surface area contributed by atoms with Crippen molar-refractivity contribution in [3.63, 3.8) is 0 Å². The summed E-state index contributed by atoms with van der Waals surface area (Å²) < 4.78 is 22.3. The van der Waals surface area contributed by atoms with Crippen molar-refractivity contribution >= 4 is 29.8 Å². The standard InChI is InChI=1S/C41H56N4O10/c1-8-20-53-39-29(24-35(47)43-33(22-27-12-10-9-11-13-27)37(49)44-34(21-26(2)3)38(50)52-7)16-19-31(54-39)25-42-36(48)32(45-40(51)55-41(4,5)6)23-28-14-17-30(46)18-15-28/h8-19,26,29,31-34,39,46H,1,20-25H2,2-7H3,(H,42,48)(H,43,47)(H,44,49)(H,45,51)/t29-,31+,32+,33+,34+,39+/m1/s1. The van der Waals surface area contributed by atoms with Gasteiger partial charge in [-0.25, -0.2) is 9.59 Å². The lowest BCUT2D eigenvalue weighted by Gasteiger charge is -2.32. The van der Waals surface area contributed by atoms with E-state index in [0.29, 0.717) is 12.0 Å². The van der Waals surface area contributed by atoms with Gasteiger partial charge in [0.05, 0.1) is 19.8 Å². The van der Waals surface area contributed by atoms with Gasteiger partial charge in [0.25, 0.3) is 0 Å². The number of phenols is 1. The monoisotopic (exact) mass is 764 g/mol. The van der Waals surface area contributed by atoms with Crippen molar-refractivity contribution in [2.45, 2.75) is 96.4 Å². The molecule has 300 valence electrons. The van der Waals surface area contributed by atoms with E-state index in [9.17, 15) is 29.1 Å². The molecule has 3 rings (SSSR count). The van der Waals surface area contributed by atoms with Gasteiger partial charge in [0.15, 0.2) is 6.29 Å². The van der Waals surface area contributed by atoms with Crippen LogP contribution in [0, 0.1) is 11.8 Å². The number of phenolic OH excluding ortho intramolecular Hbond substituents is 1. The lowest BCUT2D eigenvalue weighted by atomic mass is 9.98. The molecule has 14 heteroatoms. The molecule has 0 radical (unpaired) electrons. The minimum absolute atomic E-state index is 0.0152. The SMILES string of the molecule is C=CCO[C@H]1O[C@H](CNC(=O)[C@H](Cc2ccc(O)cc2)NC(=O)OC(C)(C)C)C=C[C@@H]1CC(=O)N[C@@H](Cc1ccccc1)C(=O)N[C@@H](CC(C)C)C(=O)OC. The molecular weight excluding hydrogens is 708 g/mol. The van der Waals surface area contributed by atoms with Crippen molar-refractivity contribution in [3.05, 3.63) is 90.5 Å². The number of amides is 4. The molecule has 1 aliphatic rings. The minimum Gasteiger partial charge on any atom is -0.508 e. The van der Waals surface area contributed by atoms with Gasteiger partial charge >= 0.3 is 12.1 Å². The summed E-state index contributed by atoms with van der Waals surface area (Å²) in [4.78, 5) is 65.6. The van der Waals surface area contributed by atoms with Gasteiger partial charge in [-0.3, -0.25) is 14.4 Å². The van der Waals surface area contributed by atoms with Gasteiger partial charge in [-0.15, -0.1) is 6.58 Å². The quantitative estimate of drug-likeness (QED) is 0.104. The fraction of sp³-hybridized carbons (Fsp3) is 0.488. The van der Waals surface area contributed by atoms with Crippen molar-refractivity contribution in [1.82, 2.24) is 21.3 Å². The normalized spacial score (nSPS) is 18.3. The highest BCUT2D eigenvalue weighted by Crippen LogP contribution is 2.24. The number of benzene rings is 2. The van der Waals surface area contributed by atoms with E-state index >= 15 is 0 Å². The maximum Gasteiger partial charge on any atom is 0.408 e. The summed E-state index contributed by atoms with van der Waals surface area (Å²) in [7, 11) is 1.26. The van der Waals surface area contributed by atoms with E-state index in [0.717, 1.165) is 5.56 Å². The molecule has 0 unspecified atom stereocenters. The summed E-state index contributed by atoms with van der Waals surface area (Å²) in [5, 5.41) is 20.7. The third kappa shape index (κ3) is 16.0. The molecule has 0 bridgehead atoms. The van der Waals surface area contributed by atoms with Crippen LogP contribution in [-0.2, 0) is 51.0 Å². The number of carbonyl (C=O) groups excluding carboxylic acids is 5. The number of rotatable bonds is 19. The van der Waals surface area contributed by atoms with Gasteiger partial charge in [-0.2, -0.15) is 0 Å². The maximum atomic E-state index is 13.6. The fourth-order valence-electron chi connectivity index (χ4n) is 5.76. The van der Waals surface area contributed by atoms with E-state index in [2.05, 4.69) is 27.8 Å². The van der Waals surface area contributed by atoms with Crippen LogP contribution in [-0.4, -0.2) is 91.3 Å². The summed E-state index contributed by atoms with van der Waals surface area (Å²) in [6, 6.07) is 12.6. The van der Waals surface area contributed by atoms with E-state index < -0.39 is 71.8 Å². The van der Waals surface area contributed by atoms with E-state index in [1.54, 1.807) is 51.1 Å². The van der Waals surface area contributed by atoms with Crippen LogP contribution in [0.2, 0.25) is 0 Å². The van der Waals surface area contributed by atoms with E-state index in [1.807, 2.05) is 44.2 Å². The third-order valence-electron chi connectivity index (χ3n) is 8.34. The van der Waals surface area contributed by atoms with Crippen LogP contribution in [0.1, 0.15) is 58.6 Å². The fourth-order valence-corrected chi connectivity index (χ4v) is 5.76. The van der Waals surface area contributed by atoms with Gasteiger partial charge in [-0.1, -0.05) is 74.5 Å². The first kappa shape index (κ1) is 44.2. The molecule has 55 heavy (non-hydrogen) atoms. The van der Waals surface area contributed by atoms with Crippen molar-refractivity contribution in [1.29, 1.82) is 0 Å². The van der Waals surface area contributed by atoms with Gasteiger partial charge in [0, 0.05) is 31.7 Å². The molecule has 1 aliphatic heterocycles. The van der Waals surface area contributed by atoms with Crippen LogP contribution >= 0.6 is 0 Å². The summed E-state index contributed by atoms with van der Waals surface area (Å²) in [6.07, 6.45) is 3.27. The predicted molar refractivity (Wildman–Crippen MR) is 206 cm³/mol. The summed E-state index contributed by atoms with van der Waals surface area (Å²) >= 11 is 0. The molecule has 1 heterocycles. The number of ether oxygens (including phenoxy) is 4. The highest BCUT2D eigenvalue weighted by Gasteiger charge is 2.33. The van der Waals surface area contributed by atoms with Crippen molar-refractivity contribution in [2.75, 3.05) is 20.3 Å². The molecular formula is C41H56N4O10. The predicted octanol–water partition coefficient (Wildman–Crippen LogP) is 3.87. The van der Waals surface area contributed by atoms with Gasteiger partial charge in [-0.05, 0) is 56.4 Å². The van der Waals surface area contributed by atoms with Crippen molar-refractivity contribution in [3.8, 4) is 5.75 Å². The molecule has 0 aromatic heterocycles. The Morgan fingerprint density at radius 1 is 0.873 bits per heavy atom. The van der Waals surface area contributed by atoms with Crippen LogP contribution in [0.15, 0.2) is 79.4 Å². The molecule has 5 N–H and O–H groups in total. The van der Waals surface area contributed by atoms with E-state index in [4.69, 9.17) is 18.9 Å². The zero-order valence-corrected chi connectivity index (χ0v) is 32.5. The van der Waals surface area contributed by atoms with Crippen LogP contribution in [0.4, 0.5) is 4.79 Å². The maximum absolute atomic E-state index is 13.6. The molecule has 0 saturated heterocycles. The largest absolute Gasteiger partial charge is 0.508 e. The molecule has 2 aromatic carbocycles. The first-order chi connectivity index (χ1) is 26.1. The Kier molecular flexibility index (Phi) is 17.4. The molecule has 4 amide bonds. The Morgan fingerprint density at radius 3 is 2.11 bits per heavy atom. The van der Waals surface area contributed by atoms with Crippen molar-refractivity contribution < 1.29 is 48.0 Å². The topological polar surface area (TPSA) is 191 Å². The third-order valence-corrected chi connectivity index (χ3v) is 8.34. The Hall–Kier alpha value is -5.21. The van der Waals surface area contributed by atoms with Gasteiger partial charge < -0.3 is 45.3 Å². The number of hydrogen-bond acceptors (Lipinski definition) is 10. The number of esters is 1. The Labute approximate surface area is 323 Å². The molecule has 0 spiro atoms. The summed E-state index contributed by atoms with van der Waals surface area (Å²) in [5.74, 6) is -2.44. The zero-order valence-electron chi connectivity index (χ0n) is 32.5. The van der Waals surface area contributed by atoms with E-state index in [1.165, 1.54) is 19.2 Å². The van der Waals surface area contributed by atoms with Crippen LogP contribution in [0.3, 0.4) is 0 Å². The number of hydrogen-bond donors (Lipinski definition) is 5. The Morgan fingerprint density at radius 2 is 1.51 bits per heavy atom. The molecule has 14 nitrogen and oxygen atoms in total. The Bertz CT molecular complexity index is 1610. The summed E-state index contributed by atoms with van der Waals surface area (Å²) in [5.41, 5.74) is 0.726. The zero-order chi connectivity index (χ0) is 40.5. The van der Waals surface area contributed by atoms with Gasteiger partial charge in [0.2, 0.25) is 17.7 Å². The van der Waals surface area contributed by atoms with Crippen molar-refractivity contribution in [2.24, 2.45) is 11.8 Å². The second kappa shape index (κ2) is 21.6. The molecule has 0 aliphatic carbocycles. The van der Waals surface area contributed by atoms with Crippen LogP contribution in [0.5, 0.6) is 5.75 Å². The first-order valence-corrected chi connectivity index (χ1v) is 18.4. The number of methoxy groups -OCH3 is 1. The van der Waals surface area contributed by atoms with Crippen LogP contribution < -0.4 is 21.3 Å². The number of carbonyl (C=O) groups is 5. The second-order valence-corrected chi connectivity index (χ2v) is 14.8. The molecule has 0 fully saturated rings. The highest BCUT2D eigenvalue weighted by molar-refractivity contribution is 5.91. The van der Waals surface area contributed by atoms with Gasteiger partial charge in [0.1, 0.15) is 29.5 Å². The van der Waals surface area contributed by atoms with E-state index in [-0.39, 0.29) is 44.1 Å². The molecule has 0 saturated carbocycles. The Balaban J connectivity index is 1.71. The lowest BCUT2D eigenvalue weighted by molar-refractivity contribution is -0.182. The molecule has 6 atom stereocenters. The first-order valence-electron chi connectivity index (χ1n) is 18.4. The summed E-state index contributed by atoms with van der Waals surface area (Å²) in [6.45, 7) is 12.8. The number of aromatic hydroxyl groups is 1. The highest BCUT2D eigenvalue weighted by atomic mass is 16.7. The average molecular weight is 765 g/mol. The number of alkyl carbamates (subject to hydrolysis) is 1.